The van der Waals surface area contributed by atoms with Crippen molar-refractivity contribution in [2.75, 3.05) is 7.11 Å². The molecule has 0 bridgehead atoms. The van der Waals surface area contributed by atoms with Gasteiger partial charge in [0.25, 0.3) is 0 Å². The number of thioether (sulfide) groups is 1. The van der Waals surface area contributed by atoms with Gasteiger partial charge in [-0.3, -0.25) is 0 Å². The number of benzene rings is 1. The van der Waals surface area contributed by atoms with Crippen LogP contribution in [-0.2, 0) is 5.75 Å². The third kappa shape index (κ3) is 2.96. The summed E-state index contributed by atoms with van der Waals surface area (Å²) in [4.78, 5) is 0. The van der Waals surface area contributed by atoms with Crippen molar-refractivity contribution in [3.63, 3.8) is 0 Å². The van der Waals surface area contributed by atoms with Gasteiger partial charge in [0.1, 0.15) is 17.3 Å². The molecule has 1 aromatic carbocycles. The van der Waals surface area contributed by atoms with Crippen molar-refractivity contribution in [3.8, 4) is 11.8 Å². The van der Waals surface area contributed by atoms with Gasteiger partial charge in [-0.1, -0.05) is 29.2 Å². The van der Waals surface area contributed by atoms with Crippen LogP contribution in [0.15, 0.2) is 28.0 Å². The lowest BCUT2D eigenvalue weighted by atomic mass is 10.1. The minimum atomic E-state index is 0.553. The zero-order chi connectivity index (χ0) is 12.1. The van der Waals surface area contributed by atoms with Crippen molar-refractivity contribution >= 4 is 23.1 Å². The molecule has 6 heteroatoms. The monoisotopic (exact) mass is 263 g/mol. The topological polar surface area (TPSA) is 58.8 Å². The first-order valence-electron chi connectivity index (χ1n) is 4.79. The molecule has 0 saturated heterocycles. The number of ether oxygens (including phenoxy) is 1. The van der Waals surface area contributed by atoms with Crippen molar-refractivity contribution in [2.45, 2.75) is 10.1 Å². The smallest absolute Gasteiger partial charge is 0.174 e. The highest BCUT2D eigenvalue weighted by Gasteiger charge is 2.05. The van der Waals surface area contributed by atoms with Gasteiger partial charge < -0.3 is 4.74 Å². The van der Waals surface area contributed by atoms with Gasteiger partial charge in [-0.25, -0.2) is 0 Å². The van der Waals surface area contributed by atoms with Crippen LogP contribution in [0.2, 0.25) is 0 Å². The van der Waals surface area contributed by atoms with Crippen LogP contribution in [0.25, 0.3) is 0 Å². The molecule has 0 radical (unpaired) electrons. The van der Waals surface area contributed by atoms with Gasteiger partial charge in [0.15, 0.2) is 4.34 Å². The van der Waals surface area contributed by atoms with E-state index >= 15 is 0 Å². The number of hydrogen-bond donors (Lipinski definition) is 0. The molecule has 0 unspecified atom stereocenters. The van der Waals surface area contributed by atoms with Crippen LogP contribution in [0, 0.1) is 11.3 Å². The summed E-state index contributed by atoms with van der Waals surface area (Å²) in [6.07, 6.45) is 0. The van der Waals surface area contributed by atoms with E-state index in [1.807, 2.05) is 12.1 Å². The van der Waals surface area contributed by atoms with Crippen LogP contribution in [0.5, 0.6) is 5.75 Å². The number of hydrogen-bond acceptors (Lipinski definition) is 6. The molecule has 17 heavy (non-hydrogen) atoms. The molecule has 2 rings (SSSR count). The third-order valence-electron chi connectivity index (χ3n) is 2.09. The molecule has 1 heterocycles. The van der Waals surface area contributed by atoms with E-state index < -0.39 is 0 Å². The van der Waals surface area contributed by atoms with Gasteiger partial charge in [0.2, 0.25) is 0 Å². The molecule has 0 N–H and O–H groups in total. The molecule has 0 saturated carbocycles. The molecule has 0 fully saturated rings. The SMILES string of the molecule is COc1cc(CSc2nncs2)ccc1C#N. The van der Waals surface area contributed by atoms with Crippen LogP contribution < -0.4 is 4.74 Å². The molecule has 0 atom stereocenters. The lowest BCUT2D eigenvalue weighted by molar-refractivity contribution is 0.413. The molecular formula is C11H9N3OS2. The number of methoxy groups -OCH3 is 1. The Hall–Kier alpha value is -1.58. The van der Waals surface area contributed by atoms with E-state index in [2.05, 4.69) is 16.3 Å². The van der Waals surface area contributed by atoms with E-state index in [9.17, 15) is 0 Å². The van der Waals surface area contributed by atoms with E-state index in [0.29, 0.717) is 11.3 Å². The van der Waals surface area contributed by atoms with Gasteiger partial charge in [0.05, 0.1) is 12.7 Å². The molecule has 0 aliphatic rings. The highest BCUT2D eigenvalue weighted by atomic mass is 32.2. The fourth-order valence-electron chi connectivity index (χ4n) is 1.29. The predicted octanol–water partition coefficient (Wildman–Crippen LogP) is 2.71. The average Bonchev–Trinajstić information content (AvgIpc) is 2.89. The molecule has 0 spiro atoms. The van der Waals surface area contributed by atoms with E-state index in [4.69, 9.17) is 10.00 Å². The Morgan fingerprint density at radius 3 is 3.06 bits per heavy atom. The van der Waals surface area contributed by atoms with Crippen LogP contribution >= 0.6 is 23.1 Å². The fraction of sp³-hybridized carbons (Fsp3) is 0.182. The van der Waals surface area contributed by atoms with Crippen LogP contribution in [0.3, 0.4) is 0 Å². The fourth-order valence-corrected chi connectivity index (χ4v) is 2.72. The van der Waals surface area contributed by atoms with Crippen molar-refractivity contribution in [1.82, 2.24) is 10.2 Å². The van der Waals surface area contributed by atoms with E-state index in [0.717, 1.165) is 15.7 Å². The summed E-state index contributed by atoms with van der Waals surface area (Å²) >= 11 is 3.14. The molecule has 4 nitrogen and oxygen atoms in total. The highest BCUT2D eigenvalue weighted by Crippen LogP contribution is 2.26. The van der Waals surface area contributed by atoms with Gasteiger partial charge in [0, 0.05) is 5.75 Å². The van der Waals surface area contributed by atoms with Crippen molar-refractivity contribution < 1.29 is 4.74 Å². The summed E-state index contributed by atoms with van der Waals surface area (Å²) in [7, 11) is 1.57. The van der Waals surface area contributed by atoms with Gasteiger partial charge in [-0.05, 0) is 17.7 Å². The zero-order valence-corrected chi connectivity index (χ0v) is 10.7. The number of aromatic nitrogens is 2. The second kappa shape index (κ2) is 5.66. The maximum absolute atomic E-state index is 8.87. The van der Waals surface area contributed by atoms with Gasteiger partial charge >= 0.3 is 0 Å². The lowest BCUT2D eigenvalue weighted by Gasteiger charge is -2.05. The van der Waals surface area contributed by atoms with Gasteiger partial charge in [-0.2, -0.15) is 5.26 Å². The largest absolute Gasteiger partial charge is 0.495 e. The number of rotatable bonds is 4. The third-order valence-corrected chi connectivity index (χ3v) is 4.02. The molecule has 0 aliphatic heterocycles. The van der Waals surface area contributed by atoms with Crippen molar-refractivity contribution in [3.05, 3.63) is 34.8 Å². The number of nitrogens with zero attached hydrogens (tertiary/aromatic N) is 3. The van der Waals surface area contributed by atoms with Crippen LogP contribution in [0.4, 0.5) is 0 Å². The van der Waals surface area contributed by atoms with Crippen LogP contribution in [0.1, 0.15) is 11.1 Å². The van der Waals surface area contributed by atoms with E-state index in [1.165, 1.54) is 11.3 Å². The lowest BCUT2D eigenvalue weighted by Crippen LogP contribution is -1.90. The summed E-state index contributed by atoms with van der Waals surface area (Å²) in [6.45, 7) is 0. The second-order valence-electron chi connectivity index (χ2n) is 3.14. The summed E-state index contributed by atoms with van der Waals surface area (Å²) in [5.41, 5.74) is 3.36. The quantitative estimate of drug-likeness (QED) is 0.794. The Balaban J connectivity index is 2.09. The normalized spacial score (nSPS) is 9.88. The Labute approximate surface area is 107 Å². The van der Waals surface area contributed by atoms with Crippen LogP contribution in [-0.4, -0.2) is 17.3 Å². The van der Waals surface area contributed by atoms with Crippen molar-refractivity contribution in [2.24, 2.45) is 0 Å². The van der Waals surface area contributed by atoms with Gasteiger partial charge in [-0.15, -0.1) is 10.2 Å². The highest BCUT2D eigenvalue weighted by molar-refractivity contribution is 8.00. The molecule has 0 amide bonds. The summed E-state index contributed by atoms with van der Waals surface area (Å²) < 4.78 is 6.10. The molecule has 1 aromatic heterocycles. The molecule has 0 aliphatic carbocycles. The van der Waals surface area contributed by atoms with E-state index in [-0.39, 0.29) is 0 Å². The molecule has 86 valence electrons. The molecular weight excluding hydrogens is 254 g/mol. The Bertz CT molecular complexity index is 534. The minimum Gasteiger partial charge on any atom is -0.495 e. The molecule has 2 aromatic rings. The average molecular weight is 263 g/mol. The standard InChI is InChI=1S/C11H9N3OS2/c1-15-10-4-8(2-3-9(10)5-12)6-16-11-14-13-7-17-11/h2-4,7H,6H2,1H3. The first-order chi connectivity index (χ1) is 8.33. The number of nitriles is 1. The summed E-state index contributed by atoms with van der Waals surface area (Å²) in [6, 6.07) is 7.67. The summed E-state index contributed by atoms with van der Waals surface area (Å²) in [5, 5.41) is 16.6. The Morgan fingerprint density at radius 1 is 1.53 bits per heavy atom. The first kappa shape index (κ1) is 11.9. The maximum Gasteiger partial charge on any atom is 0.174 e. The second-order valence-corrected chi connectivity index (χ2v) is 5.20. The maximum atomic E-state index is 8.87. The first-order valence-corrected chi connectivity index (χ1v) is 6.66. The van der Waals surface area contributed by atoms with Crippen molar-refractivity contribution in [1.29, 1.82) is 5.26 Å². The Kier molecular flexibility index (Phi) is 3.96. The minimum absolute atomic E-state index is 0.553. The summed E-state index contributed by atoms with van der Waals surface area (Å²) in [5.74, 6) is 1.40. The Morgan fingerprint density at radius 2 is 2.41 bits per heavy atom. The van der Waals surface area contributed by atoms with E-state index in [1.54, 1.807) is 30.4 Å². The zero-order valence-electron chi connectivity index (χ0n) is 9.08. The predicted molar refractivity (Wildman–Crippen MR) is 67.2 cm³/mol.